The third-order valence-corrected chi connectivity index (χ3v) is 12.8. The van der Waals surface area contributed by atoms with Crippen LogP contribution in [0, 0.1) is 12.7 Å². The van der Waals surface area contributed by atoms with Gasteiger partial charge >= 0.3 is 5.69 Å². The number of hydrogen-bond acceptors (Lipinski definition) is 12. The molecule has 0 aliphatic carbocycles. The third-order valence-electron chi connectivity index (χ3n) is 11.0. The quantitative estimate of drug-likeness (QED) is 0.104. The van der Waals surface area contributed by atoms with Crippen LogP contribution in [-0.2, 0) is 26.7 Å². The lowest BCUT2D eigenvalue weighted by atomic mass is 9.89. The van der Waals surface area contributed by atoms with Gasteiger partial charge in [-0.3, -0.25) is 19.0 Å². The van der Waals surface area contributed by atoms with Gasteiger partial charge in [-0.25, -0.2) is 26.9 Å². The van der Waals surface area contributed by atoms with Crippen LogP contribution in [0.3, 0.4) is 0 Å². The zero-order valence-corrected chi connectivity index (χ0v) is 36.9. The molecule has 1 saturated heterocycles. The molecule has 1 atom stereocenters. The molecule has 20 heteroatoms. The number of rotatable bonds is 17. The number of ether oxygens (including phenoxy) is 1. The average molecular weight is 875 g/mol. The number of benzene rings is 2. The Hall–Kier alpha value is -5.99. The maximum Gasteiger partial charge on any atom is 0.329 e. The first-order chi connectivity index (χ1) is 29.7. The Labute approximate surface area is 359 Å². The molecular weight excluding hydrogens is 820 g/mol. The summed E-state index contributed by atoms with van der Waals surface area (Å²) in [5, 5.41) is 16.3. The Bertz CT molecular complexity index is 2650. The Morgan fingerprint density at radius 2 is 1.87 bits per heavy atom. The first-order valence-electron chi connectivity index (χ1n) is 20.7. The maximum atomic E-state index is 15.7. The highest BCUT2D eigenvalue weighted by atomic mass is 32.2. The van der Waals surface area contributed by atoms with Crippen LogP contribution in [0.25, 0.3) is 27.9 Å². The number of nitrogens with zero attached hydrogens (tertiary/aromatic N) is 9. The van der Waals surface area contributed by atoms with Crippen molar-refractivity contribution < 1.29 is 27.1 Å². The van der Waals surface area contributed by atoms with Crippen molar-refractivity contribution >= 4 is 51.0 Å². The number of carbonyl (C=O) groups excluding carboxylic acids is 2. The number of likely N-dealkylation sites (tertiary alicyclic amines) is 1. The number of aryl methyl sites for hydroxylation is 2. The summed E-state index contributed by atoms with van der Waals surface area (Å²) in [5.41, 5.74) is 4.59. The van der Waals surface area contributed by atoms with Gasteiger partial charge < -0.3 is 25.1 Å². The van der Waals surface area contributed by atoms with Crippen molar-refractivity contribution in [3.05, 3.63) is 76.5 Å². The fourth-order valence-electron chi connectivity index (χ4n) is 7.77. The molecule has 1 unspecified atom stereocenters. The second-order valence-corrected chi connectivity index (χ2v) is 17.7. The number of halogens is 1. The third kappa shape index (κ3) is 9.71. The van der Waals surface area contributed by atoms with Crippen LogP contribution >= 0.6 is 0 Å². The highest BCUT2D eigenvalue weighted by Crippen LogP contribution is 2.34. The van der Waals surface area contributed by atoms with Gasteiger partial charge in [0.1, 0.15) is 24.1 Å². The molecule has 7 rings (SSSR count). The lowest BCUT2D eigenvalue weighted by Gasteiger charge is -2.32. The largest absolute Gasteiger partial charge is 0.485 e. The molecule has 1 aliphatic heterocycles. The summed E-state index contributed by atoms with van der Waals surface area (Å²) in [6.45, 7) is 10.1. The van der Waals surface area contributed by atoms with E-state index >= 15 is 4.39 Å². The van der Waals surface area contributed by atoms with Crippen molar-refractivity contribution in [3.63, 3.8) is 0 Å². The molecule has 1 aliphatic rings. The van der Waals surface area contributed by atoms with Gasteiger partial charge in [0, 0.05) is 39.4 Å². The van der Waals surface area contributed by atoms with Crippen molar-refractivity contribution in [2.24, 2.45) is 7.05 Å². The smallest absolute Gasteiger partial charge is 0.329 e. The van der Waals surface area contributed by atoms with Gasteiger partial charge in [-0.15, -0.1) is 5.10 Å². The van der Waals surface area contributed by atoms with Gasteiger partial charge in [0.15, 0.2) is 5.75 Å². The van der Waals surface area contributed by atoms with Crippen LogP contribution in [0.2, 0.25) is 0 Å². The van der Waals surface area contributed by atoms with Crippen molar-refractivity contribution in [2.75, 3.05) is 45.6 Å². The van der Waals surface area contributed by atoms with E-state index in [1.54, 1.807) is 42.5 Å². The fraction of sp³-hybridized carbons (Fsp3) is 0.452. The number of aromatic nitrogens is 8. The number of nitrogens with one attached hydrogen (secondary N) is 3. The van der Waals surface area contributed by atoms with E-state index in [0.29, 0.717) is 53.4 Å². The number of sulfonamides is 1. The molecule has 0 radical (unpaired) electrons. The SMILES string of the molecule is CCCC(C=O)n1c(=O)n(C)c2cc(C3CCN(CCCN(C)S(=O)(=O)c4cc(C)c(Nc5nc6c(OC(C)C)c(-c7cn[nH]c7)ncn6n5)c(F)c4)CC3)ccc21.CNC=O. The topological polar surface area (TPSA) is 207 Å². The van der Waals surface area contributed by atoms with Crippen LogP contribution < -0.4 is 21.1 Å². The molecule has 332 valence electrons. The number of fused-ring (bicyclic) bond motifs is 2. The predicted octanol–water partition coefficient (Wildman–Crippen LogP) is 4.94. The van der Waals surface area contributed by atoms with E-state index in [2.05, 4.69) is 52.9 Å². The molecule has 3 N–H and O–H groups in total. The number of H-pyrrole nitrogens is 1. The molecule has 6 aromatic rings. The van der Waals surface area contributed by atoms with Crippen LogP contribution in [-0.4, -0.2) is 116 Å². The van der Waals surface area contributed by atoms with Crippen LogP contribution in [0.5, 0.6) is 5.75 Å². The lowest BCUT2D eigenvalue weighted by Crippen LogP contribution is -2.36. The highest BCUT2D eigenvalue weighted by molar-refractivity contribution is 7.89. The van der Waals surface area contributed by atoms with Crippen LogP contribution in [0.15, 0.2) is 58.7 Å². The summed E-state index contributed by atoms with van der Waals surface area (Å²) < 4.78 is 54.9. The van der Waals surface area contributed by atoms with Gasteiger partial charge in [0.05, 0.1) is 40.0 Å². The monoisotopic (exact) mass is 874 g/mol. The zero-order chi connectivity index (χ0) is 44.7. The minimum atomic E-state index is -3.98. The van der Waals surface area contributed by atoms with E-state index in [-0.39, 0.29) is 34.9 Å². The minimum Gasteiger partial charge on any atom is -0.485 e. The van der Waals surface area contributed by atoms with E-state index in [1.807, 2.05) is 26.8 Å². The molecule has 18 nitrogen and oxygen atoms in total. The number of carbonyl (C=O) groups is 2. The fourth-order valence-corrected chi connectivity index (χ4v) is 9.07. The van der Waals surface area contributed by atoms with Crippen LogP contribution in [0.1, 0.15) is 76.0 Å². The molecule has 62 heavy (non-hydrogen) atoms. The average Bonchev–Trinajstić information content (AvgIpc) is 4.00. The van der Waals surface area contributed by atoms with Gasteiger partial charge in [-0.2, -0.15) is 14.6 Å². The predicted molar refractivity (Wildman–Crippen MR) is 234 cm³/mol. The molecule has 0 bridgehead atoms. The first-order valence-corrected chi connectivity index (χ1v) is 22.1. The van der Waals surface area contributed by atoms with Gasteiger partial charge in [-0.1, -0.05) is 19.4 Å². The van der Waals surface area contributed by atoms with Gasteiger partial charge in [0.2, 0.25) is 28.0 Å². The van der Waals surface area contributed by atoms with Gasteiger partial charge in [0.25, 0.3) is 0 Å². The molecule has 5 heterocycles. The molecule has 0 spiro atoms. The molecule has 1 fully saturated rings. The number of anilines is 2. The number of hydrogen-bond donors (Lipinski definition) is 3. The molecule has 0 saturated carbocycles. The summed E-state index contributed by atoms with van der Waals surface area (Å²) >= 11 is 0. The Balaban J connectivity index is 0.00000154. The maximum absolute atomic E-state index is 15.7. The second-order valence-electron chi connectivity index (χ2n) is 15.7. The standard InChI is InChI=1S/C40H50FN11O5S.C2H5NO/c1-7-9-30(23-53)52-33-11-10-28(19-34(33)49(6)40(52)54)27-12-16-50(17-13-27)15-8-14-48(5)58(55,56)31-18-26(4)35(32(41)20-31)45-39-46-38-37(57-25(2)3)36(29-21-43-44-22-29)42-24-51(38)47-39;1-3-2-4/h10-11,18-25,27,30H,7-9,12-17H2,1-6H3,(H,43,44)(H,45,47);2H,1H3,(H,3,4). The molecule has 1 amide bonds. The van der Waals surface area contributed by atoms with Crippen molar-refractivity contribution in [3.8, 4) is 17.0 Å². The normalized spacial score (nSPS) is 14.3. The molecule has 2 aromatic carbocycles. The zero-order valence-electron chi connectivity index (χ0n) is 36.1. The van der Waals surface area contributed by atoms with E-state index < -0.39 is 21.9 Å². The van der Waals surface area contributed by atoms with Crippen molar-refractivity contribution in [2.45, 2.75) is 82.8 Å². The van der Waals surface area contributed by atoms with Crippen LogP contribution in [0.4, 0.5) is 16.0 Å². The number of aldehydes is 1. The highest BCUT2D eigenvalue weighted by Gasteiger charge is 2.27. The van der Waals surface area contributed by atoms with E-state index in [9.17, 15) is 18.0 Å². The Morgan fingerprint density at radius 3 is 2.50 bits per heavy atom. The number of amides is 1. The summed E-state index contributed by atoms with van der Waals surface area (Å²) in [6, 6.07) is 8.11. The molecular formula is C42H55FN12O6S. The number of piperidine rings is 1. The summed E-state index contributed by atoms with van der Waals surface area (Å²) in [5.74, 6) is 0.0365. The Kier molecular flexibility index (Phi) is 14.5. The molecule has 4 aromatic heterocycles. The number of imidazole rings is 1. The van der Waals surface area contributed by atoms with E-state index in [1.165, 1.54) is 33.8 Å². The summed E-state index contributed by atoms with van der Waals surface area (Å²) in [4.78, 5) is 45.2. The van der Waals surface area contributed by atoms with Crippen molar-refractivity contribution in [1.29, 1.82) is 0 Å². The lowest BCUT2D eigenvalue weighted by molar-refractivity contribution is -0.111. The minimum absolute atomic E-state index is 0.0520. The number of aromatic amines is 1. The van der Waals surface area contributed by atoms with Crippen molar-refractivity contribution in [1.82, 2.24) is 53.4 Å². The second kappa shape index (κ2) is 19.8. The summed E-state index contributed by atoms with van der Waals surface area (Å²) in [6.07, 6.45) is 9.96. The summed E-state index contributed by atoms with van der Waals surface area (Å²) in [7, 11) is 0.843. The van der Waals surface area contributed by atoms with Gasteiger partial charge in [-0.05, 0) is 107 Å². The van der Waals surface area contributed by atoms with E-state index in [0.717, 1.165) is 62.3 Å². The van der Waals surface area contributed by atoms with E-state index in [4.69, 9.17) is 9.53 Å². The first kappa shape index (κ1) is 45.5. The Morgan fingerprint density at radius 1 is 1.13 bits per heavy atom.